The Kier molecular flexibility index (Phi) is 8.30. The van der Waals surface area contributed by atoms with Gasteiger partial charge in [-0.3, -0.25) is 4.79 Å². The number of carbonyl (C=O) groups is 1. The van der Waals surface area contributed by atoms with Gasteiger partial charge in [-0.2, -0.15) is 0 Å². The quantitative estimate of drug-likeness (QED) is 0.675. The van der Waals surface area contributed by atoms with Gasteiger partial charge in [0.1, 0.15) is 5.75 Å². The largest absolute Gasteiger partial charge is 0.484 e. The van der Waals surface area contributed by atoms with E-state index in [1.165, 1.54) is 16.7 Å². The summed E-state index contributed by atoms with van der Waals surface area (Å²) in [4.78, 5) is 11.2. The minimum absolute atomic E-state index is 0.0329. The summed E-state index contributed by atoms with van der Waals surface area (Å²) >= 11 is 0. The topological polar surface area (TPSA) is 59.6 Å². The van der Waals surface area contributed by atoms with Crippen molar-refractivity contribution in [3.8, 4) is 5.75 Å². The number of hydrogen-bond donors (Lipinski definition) is 2. The lowest BCUT2D eigenvalue weighted by Gasteiger charge is -2.20. The predicted octanol–water partition coefficient (Wildman–Crippen LogP) is 3.03. The Morgan fingerprint density at radius 3 is 2.52 bits per heavy atom. The Morgan fingerprint density at radius 1 is 1.15 bits per heavy atom. The van der Waals surface area contributed by atoms with E-state index < -0.39 is 0 Å². The molecule has 2 N–H and O–H groups in total. The third-order valence-electron chi connectivity index (χ3n) is 4.46. The van der Waals surface area contributed by atoms with Crippen LogP contribution in [0.25, 0.3) is 0 Å². The standard InChI is InChI=1S/C22H30N2O3/c1-16-6-5-7-19(12-16)21(26-4)14-24-17(2)13-18-8-10-20(11-9-18)27-15-22(25)23-3/h5-12,17,21,24H,13-15H2,1-4H3,(H,23,25). The Morgan fingerprint density at radius 2 is 1.89 bits per heavy atom. The molecule has 27 heavy (non-hydrogen) atoms. The Balaban J connectivity index is 1.82. The molecule has 0 fully saturated rings. The van der Waals surface area contributed by atoms with Gasteiger partial charge in [0.25, 0.3) is 5.91 Å². The molecule has 0 radical (unpaired) electrons. The first-order chi connectivity index (χ1) is 13.0. The van der Waals surface area contributed by atoms with E-state index in [-0.39, 0.29) is 18.6 Å². The number of carbonyl (C=O) groups excluding carboxylic acids is 1. The van der Waals surface area contributed by atoms with E-state index in [0.29, 0.717) is 11.8 Å². The molecule has 1 amide bonds. The molecular formula is C22H30N2O3. The van der Waals surface area contributed by atoms with Gasteiger partial charge >= 0.3 is 0 Å². The van der Waals surface area contributed by atoms with Crippen molar-refractivity contribution in [2.75, 3.05) is 27.3 Å². The van der Waals surface area contributed by atoms with Crippen molar-refractivity contribution in [1.82, 2.24) is 10.6 Å². The molecule has 0 heterocycles. The van der Waals surface area contributed by atoms with E-state index in [2.05, 4.69) is 48.7 Å². The van der Waals surface area contributed by atoms with Crippen LogP contribution in [0, 0.1) is 6.92 Å². The smallest absolute Gasteiger partial charge is 0.257 e. The summed E-state index contributed by atoms with van der Waals surface area (Å²) in [6.45, 7) is 5.05. The molecule has 0 spiro atoms. The summed E-state index contributed by atoms with van der Waals surface area (Å²) in [7, 11) is 3.34. The molecule has 0 bridgehead atoms. The first-order valence-electron chi connectivity index (χ1n) is 9.27. The molecule has 2 rings (SSSR count). The first-order valence-corrected chi connectivity index (χ1v) is 9.27. The third-order valence-corrected chi connectivity index (χ3v) is 4.46. The van der Waals surface area contributed by atoms with Gasteiger partial charge < -0.3 is 20.1 Å². The molecule has 0 saturated heterocycles. The van der Waals surface area contributed by atoms with Crippen molar-refractivity contribution in [1.29, 1.82) is 0 Å². The lowest BCUT2D eigenvalue weighted by atomic mass is 10.0. The van der Waals surface area contributed by atoms with E-state index in [0.717, 1.165) is 13.0 Å². The second kappa shape index (κ2) is 10.7. The van der Waals surface area contributed by atoms with Crippen LogP contribution in [0.5, 0.6) is 5.75 Å². The number of benzene rings is 2. The highest BCUT2D eigenvalue weighted by atomic mass is 16.5. The summed E-state index contributed by atoms with van der Waals surface area (Å²) in [5.41, 5.74) is 3.64. The van der Waals surface area contributed by atoms with Gasteiger partial charge in [-0.05, 0) is 43.5 Å². The fourth-order valence-electron chi connectivity index (χ4n) is 2.88. The average Bonchev–Trinajstić information content (AvgIpc) is 2.67. The second-order valence-electron chi connectivity index (χ2n) is 6.76. The van der Waals surface area contributed by atoms with Gasteiger partial charge in [0, 0.05) is 26.7 Å². The lowest BCUT2D eigenvalue weighted by Crippen LogP contribution is -2.32. The molecule has 2 unspecified atom stereocenters. The summed E-state index contributed by atoms with van der Waals surface area (Å²) in [5, 5.41) is 6.09. The Labute approximate surface area is 162 Å². The monoisotopic (exact) mass is 370 g/mol. The third kappa shape index (κ3) is 7.04. The fourth-order valence-corrected chi connectivity index (χ4v) is 2.88. The van der Waals surface area contributed by atoms with Crippen LogP contribution in [0.2, 0.25) is 0 Å². The molecule has 0 aliphatic rings. The first kappa shape index (κ1) is 20.9. The number of aryl methyl sites for hydroxylation is 1. The molecule has 2 aromatic carbocycles. The van der Waals surface area contributed by atoms with E-state index >= 15 is 0 Å². The van der Waals surface area contributed by atoms with E-state index in [4.69, 9.17) is 9.47 Å². The normalized spacial score (nSPS) is 13.0. The van der Waals surface area contributed by atoms with E-state index in [1.54, 1.807) is 14.2 Å². The molecule has 0 aliphatic carbocycles. The van der Waals surface area contributed by atoms with Gasteiger partial charge in [-0.15, -0.1) is 0 Å². The van der Waals surface area contributed by atoms with Crippen molar-refractivity contribution in [3.63, 3.8) is 0 Å². The van der Waals surface area contributed by atoms with Crippen molar-refractivity contribution >= 4 is 5.91 Å². The fraction of sp³-hybridized carbons (Fsp3) is 0.409. The molecular weight excluding hydrogens is 340 g/mol. The van der Waals surface area contributed by atoms with Crippen LogP contribution in [-0.4, -0.2) is 39.3 Å². The number of nitrogens with one attached hydrogen (secondary N) is 2. The molecule has 2 atom stereocenters. The maximum absolute atomic E-state index is 11.2. The van der Waals surface area contributed by atoms with Crippen LogP contribution in [-0.2, 0) is 16.0 Å². The number of methoxy groups -OCH3 is 1. The highest BCUT2D eigenvalue weighted by Gasteiger charge is 2.12. The molecule has 2 aromatic rings. The van der Waals surface area contributed by atoms with Crippen LogP contribution in [0.3, 0.4) is 0 Å². The van der Waals surface area contributed by atoms with Crippen molar-refractivity contribution in [2.45, 2.75) is 32.4 Å². The summed E-state index contributed by atoms with van der Waals surface area (Å²) < 4.78 is 11.1. The second-order valence-corrected chi connectivity index (χ2v) is 6.76. The zero-order chi connectivity index (χ0) is 19.6. The Hall–Kier alpha value is -2.37. The van der Waals surface area contributed by atoms with E-state index in [9.17, 15) is 4.79 Å². The van der Waals surface area contributed by atoms with Crippen LogP contribution in [0.1, 0.15) is 29.7 Å². The van der Waals surface area contributed by atoms with Gasteiger partial charge in [-0.1, -0.05) is 42.0 Å². The maximum atomic E-state index is 11.2. The van der Waals surface area contributed by atoms with Gasteiger partial charge in [0.15, 0.2) is 6.61 Å². The zero-order valence-corrected chi connectivity index (χ0v) is 16.6. The number of rotatable bonds is 10. The Bertz CT molecular complexity index is 716. The van der Waals surface area contributed by atoms with Gasteiger partial charge in [0.2, 0.25) is 0 Å². The van der Waals surface area contributed by atoms with Gasteiger partial charge in [-0.25, -0.2) is 0 Å². The number of hydrogen-bond acceptors (Lipinski definition) is 4. The molecule has 5 heteroatoms. The van der Waals surface area contributed by atoms with Crippen LogP contribution in [0.15, 0.2) is 48.5 Å². The SMILES string of the molecule is CNC(=O)COc1ccc(CC(C)NCC(OC)c2cccc(C)c2)cc1. The molecule has 146 valence electrons. The van der Waals surface area contributed by atoms with Crippen LogP contribution < -0.4 is 15.4 Å². The van der Waals surface area contributed by atoms with Crippen LogP contribution >= 0.6 is 0 Å². The van der Waals surface area contributed by atoms with E-state index in [1.807, 2.05) is 24.3 Å². The summed E-state index contributed by atoms with van der Waals surface area (Å²) in [6.07, 6.45) is 0.938. The van der Waals surface area contributed by atoms with Gasteiger partial charge in [0.05, 0.1) is 6.10 Å². The summed E-state index contributed by atoms with van der Waals surface area (Å²) in [6, 6.07) is 16.6. The molecule has 0 saturated carbocycles. The minimum Gasteiger partial charge on any atom is -0.484 e. The molecule has 0 aliphatic heterocycles. The maximum Gasteiger partial charge on any atom is 0.257 e. The zero-order valence-electron chi connectivity index (χ0n) is 16.6. The summed E-state index contributed by atoms with van der Waals surface area (Å²) in [5.74, 6) is 0.556. The number of ether oxygens (including phenoxy) is 2. The van der Waals surface area contributed by atoms with Crippen LogP contribution in [0.4, 0.5) is 0 Å². The molecule has 0 aromatic heterocycles. The van der Waals surface area contributed by atoms with Crippen molar-refractivity contribution in [2.24, 2.45) is 0 Å². The minimum atomic E-state index is -0.141. The van der Waals surface area contributed by atoms with Crippen molar-refractivity contribution < 1.29 is 14.3 Å². The number of likely N-dealkylation sites (N-methyl/N-ethyl adjacent to an activating group) is 1. The lowest BCUT2D eigenvalue weighted by molar-refractivity contribution is -0.122. The average molecular weight is 370 g/mol. The molecule has 5 nitrogen and oxygen atoms in total. The number of amides is 1. The highest BCUT2D eigenvalue weighted by Crippen LogP contribution is 2.18. The predicted molar refractivity (Wildman–Crippen MR) is 108 cm³/mol. The highest BCUT2D eigenvalue weighted by molar-refractivity contribution is 5.77. The van der Waals surface area contributed by atoms with Crippen molar-refractivity contribution in [3.05, 3.63) is 65.2 Å².